The van der Waals surface area contributed by atoms with Crippen molar-refractivity contribution in [2.45, 2.75) is 50.5 Å². The van der Waals surface area contributed by atoms with Crippen molar-refractivity contribution in [2.24, 2.45) is 0 Å². The molecule has 136 valence electrons. The van der Waals surface area contributed by atoms with Crippen LogP contribution in [-0.2, 0) is 16.8 Å². The maximum atomic E-state index is 13.0. The molecular weight excluding hydrogens is 322 g/mol. The minimum Gasteiger partial charge on any atom is -0.357 e. The standard InChI is InChI=1S/C22H27N3O/c26-21(22(11-7-12-22)19-8-3-1-4-9-19)24-17-18-10-13-23-20(16-18)25-14-5-2-6-15-25/h1,3-4,8-10,13,16H,2,5-7,11-12,14-15,17H2,(H,24,26). The van der Waals surface area contributed by atoms with Crippen LogP contribution >= 0.6 is 0 Å². The SMILES string of the molecule is O=C(NCc1ccnc(N2CCCCC2)c1)C1(c2ccccc2)CCC1. The molecule has 0 bridgehead atoms. The van der Waals surface area contributed by atoms with Gasteiger partial charge in [-0.3, -0.25) is 4.79 Å². The highest BCUT2D eigenvalue weighted by atomic mass is 16.2. The van der Waals surface area contributed by atoms with E-state index in [1.54, 1.807) is 0 Å². The quantitative estimate of drug-likeness (QED) is 0.893. The number of piperidine rings is 1. The summed E-state index contributed by atoms with van der Waals surface area (Å²) in [7, 11) is 0. The Bertz CT molecular complexity index is 749. The minimum absolute atomic E-state index is 0.159. The Morgan fingerprint density at radius 1 is 1.04 bits per heavy atom. The van der Waals surface area contributed by atoms with Crippen molar-refractivity contribution in [3.05, 3.63) is 59.8 Å². The first kappa shape index (κ1) is 17.1. The molecule has 2 aliphatic rings. The van der Waals surface area contributed by atoms with E-state index in [1.165, 1.54) is 19.3 Å². The second kappa shape index (κ2) is 7.48. The van der Waals surface area contributed by atoms with Crippen molar-refractivity contribution in [2.75, 3.05) is 18.0 Å². The van der Waals surface area contributed by atoms with Gasteiger partial charge in [-0.15, -0.1) is 0 Å². The van der Waals surface area contributed by atoms with Crippen LogP contribution in [0.25, 0.3) is 0 Å². The van der Waals surface area contributed by atoms with Crippen LogP contribution in [-0.4, -0.2) is 24.0 Å². The predicted octanol–water partition coefficient (Wildman–Crippen LogP) is 3.81. The summed E-state index contributed by atoms with van der Waals surface area (Å²) < 4.78 is 0. The van der Waals surface area contributed by atoms with E-state index < -0.39 is 0 Å². The molecule has 0 radical (unpaired) electrons. The van der Waals surface area contributed by atoms with Gasteiger partial charge in [0.25, 0.3) is 0 Å². The van der Waals surface area contributed by atoms with Gasteiger partial charge in [0, 0.05) is 25.8 Å². The molecular formula is C22H27N3O. The van der Waals surface area contributed by atoms with Crippen molar-refractivity contribution in [1.82, 2.24) is 10.3 Å². The molecule has 4 rings (SSSR count). The molecule has 4 nitrogen and oxygen atoms in total. The lowest BCUT2D eigenvalue weighted by Gasteiger charge is -2.40. The molecule has 1 saturated heterocycles. The minimum atomic E-state index is -0.329. The zero-order chi connectivity index (χ0) is 17.8. The molecule has 0 atom stereocenters. The van der Waals surface area contributed by atoms with Crippen LogP contribution in [0.4, 0.5) is 5.82 Å². The van der Waals surface area contributed by atoms with Crippen LogP contribution in [0.1, 0.15) is 49.7 Å². The third-order valence-electron chi connectivity index (χ3n) is 5.91. The van der Waals surface area contributed by atoms with E-state index in [1.807, 2.05) is 30.5 Å². The lowest BCUT2D eigenvalue weighted by atomic mass is 9.64. The first-order chi connectivity index (χ1) is 12.8. The van der Waals surface area contributed by atoms with Gasteiger partial charge in [0.05, 0.1) is 5.41 Å². The molecule has 2 aromatic rings. The summed E-state index contributed by atoms with van der Waals surface area (Å²) in [5.74, 6) is 1.20. The van der Waals surface area contributed by atoms with E-state index in [-0.39, 0.29) is 11.3 Å². The smallest absolute Gasteiger partial charge is 0.230 e. The highest BCUT2D eigenvalue weighted by Gasteiger charge is 2.45. The first-order valence-corrected chi connectivity index (χ1v) is 9.82. The monoisotopic (exact) mass is 349 g/mol. The van der Waals surface area contributed by atoms with Crippen LogP contribution in [0, 0.1) is 0 Å². The molecule has 1 N–H and O–H groups in total. The van der Waals surface area contributed by atoms with Gasteiger partial charge in [0.2, 0.25) is 5.91 Å². The van der Waals surface area contributed by atoms with Gasteiger partial charge in [-0.05, 0) is 55.4 Å². The maximum absolute atomic E-state index is 13.0. The molecule has 1 amide bonds. The molecule has 0 unspecified atom stereocenters. The summed E-state index contributed by atoms with van der Waals surface area (Å²) in [6.45, 7) is 2.73. The number of rotatable bonds is 5. The lowest BCUT2D eigenvalue weighted by molar-refractivity contribution is -0.130. The van der Waals surface area contributed by atoms with Crippen LogP contribution in [0.2, 0.25) is 0 Å². The fraction of sp³-hybridized carbons (Fsp3) is 0.455. The van der Waals surface area contributed by atoms with Crippen LogP contribution in [0.15, 0.2) is 48.7 Å². The fourth-order valence-corrected chi connectivity index (χ4v) is 4.15. The van der Waals surface area contributed by atoms with Crippen LogP contribution in [0.3, 0.4) is 0 Å². The molecule has 1 aliphatic carbocycles. The van der Waals surface area contributed by atoms with Crippen molar-refractivity contribution in [3.8, 4) is 0 Å². The number of carbonyl (C=O) groups excluding carboxylic acids is 1. The molecule has 1 saturated carbocycles. The predicted molar refractivity (Wildman–Crippen MR) is 104 cm³/mol. The average molecular weight is 349 g/mol. The highest BCUT2D eigenvalue weighted by Crippen LogP contribution is 2.43. The highest BCUT2D eigenvalue weighted by molar-refractivity contribution is 5.89. The third-order valence-corrected chi connectivity index (χ3v) is 5.91. The number of carbonyl (C=O) groups is 1. The van der Waals surface area contributed by atoms with E-state index in [0.29, 0.717) is 6.54 Å². The molecule has 1 aromatic carbocycles. The van der Waals surface area contributed by atoms with Gasteiger partial charge in [-0.2, -0.15) is 0 Å². The Hall–Kier alpha value is -2.36. The summed E-state index contributed by atoms with van der Waals surface area (Å²) in [6, 6.07) is 14.4. The Labute approximate surface area is 155 Å². The van der Waals surface area contributed by atoms with Gasteiger partial charge < -0.3 is 10.2 Å². The maximum Gasteiger partial charge on any atom is 0.230 e. The number of nitrogens with zero attached hydrogens (tertiary/aromatic N) is 2. The van der Waals surface area contributed by atoms with Gasteiger partial charge in [0.1, 0.15) is 5.82 Å². The van der Waals surface area contributed by atoms with E-state index in [2.05, 4.69) is 33.4 Å². The number of benzene rings is 1. The summed E-state index contributed by atoms with van der Waals surface area (Å²) in [5.41, 5.74) is 1.94. The molecule has 0 spiro atoms. The Morgan fingerprint density at radius 2 is 1.81 bits per heavy atom. The van der Waals surface area contributed by atoms with Crippen LogP contribution in [0.5, 0.6) is 0 Å². The number of pyridine rings is 1. The number of nitrogens with one attached hydrogen (secondary N) is 1. The summed E-state index contributed by atoms with van der Waals surface area (Å²) >= 11 is 0. The molecule has 2 heterocycles. The van der Waals surface area contributed by atoms with Gasteiger partial charge in [-0.25, -0.2) is 4.98 Å². The second-order valence-electron chi connectivity index (χ2n) is 7.55. The Morgan fingerprint density at radius 3 is 2.50 bits per heavy atom. The van der Waals surface area contributed by atoms with E-state index in [4.69, 9.17) is 0 Å². The Kier molecular flexibility index (Phi) is 4.91. The molecule has 1 aliphatic heterocycles. The Balaban J connectivity index is 1.43. The van der Waals surface area contributed by atoms with Crippen molar-refractivity contribution in [3.63, 3.8) is 0 Å². The van der Waals surface area contributed by atoms with Gasteiger partial charge in [-0.1, -0.05) is 36.8 Å². The first-order valence-electron chi connectivity index (χ1n) is 9.82. The largest absolute Gasteiger partial charge is 0.357 e. The third kappa shape index (κ3) is 3.33. The number of hydrogen-bond acceptors (Lipinski definition) is 3. The van der Waals surface area contributed by atoms with Crippen molar-refractivity contribution in [1.29, 1.82) is 0 Å². The van der Waals surface area contributed by atoms with Gasteiger partial charge in [0.15, 0.2) is 0 Å². The molecule has 1 aromatic heterocycles. The van der Waals surface area contributed by atoms with E-state index >= 15 is 0 Å². The van der Waals surface area contributed by atoms with Gasteiger partial charge >= 0.3 is 0 Å². The number of aromatic nitrogens is 1. The normalized spacial score (nSPS) is 18.8. The number of hydrogen-bond donors (Lipinski definition) is 1. The lowest BCUT2D eigenvalue weighted by Crippen LogP contribution is -2.48. The average Bonchev–Trinajstić information content (AvgIpc) is 2.67. The molecule has 4 heteroatoms. The second-order valence-corrected chi connectivity index (χ2v) is 7.55. The van der Waals surface area contributed by atoms with E-state index in [9.17, 15) is 4.79 Å². The zero-order valence-electron chi connectivity index (χ0n) is 15.3. The summed E-state index contributed by atoms with van der Waals surface area (Å²) in [4.78, 5) is 19.9. The van der Waals surface area contributed by atoms with Crippen LogP contribution < -0.4 is 10.2 Å². The van der Waals surface area contributed by atoms with Crippen molar-refractivity contribution >= 4 is 11.7 Å². The summed E-state index contributed by atoms with van der Waals surface area (Å²) in [6.07, 6.45) is 8.66. The molecule has 26 heavy (non-hydrogen) atoms. The topological polar surface area (TPSA) is 45.2 Å². The summed E-state index contributed by atoms with van der Waals surface area (Å²) in [5, 5.41) is 3.19. The number of anilines is 1. The van der Waals surface area contributed by atoms with Crippen molar-refractivity contribution < 1.29 is 4.79 Å². The zero-order valence-corrected chi connectivity index (χ0v) is 15.3. The van der Waals surface area contributed by atoms with E-state index in [0.717, 1.165) is 49.3 Å². The number of amides is 1. The molecule has 2 fully saturated rings. The fourth-order valence-electron chi connectivity index (χ4n) is 4.15.